The lowest BCUT2D eigenvalue weighted by Gasteiger charge is -2.28. The Hall–Kier alpha value is -3.04. The predicted octanol–water partition coefficient (Wildman–Crippen LogP) is 1.86. The standard InChI is InChI=1S/C22H28N8O/c1-4-17-24-15-7-5-6-8-16(15)30(17)22-26-20-19(25-18(28(20)3)9-10-23-2)21(27-22)29-11-13-31-14-12-29/h5-8,23H,4,9-14H2,1-3H3. The van der Waals surface area contributed by atoms with E-state index >= 15 is 0 Å². The minimum atomic E-state index is 0.641. The summed E-state index contributed by atoms with van der Waals surface area (Å²) in [5.41, 5.74) is 3.67. The molecule has 5 rings (SSSR count). The Bertz CT molecular complexity index is 1220. The van der Waals surface area contributed by atoms with E-state index in [4.69, 9.17) is 24.7 Å². The zero-order valence-corrected chi connectivity index (χ0v) is 18.3. The smallest absolute Gasteiger partial charge is 0.239 e. The summed E-state index contributed by atoms with van der Waals surface area (Å²) < 4.78 is 9.75. The molecule has 0 spiro atoms. The molecule has 0 saturated carbocycles. The predicted molar refractivity (Wildman–Crippen MR) is 121 cm³/mol. The van der Waals surface area contributed by atoms with Crippen LogP contribution in [0.1, 0.15) is 18.6 Å². The molecule has 1 aliphatic heterocycles. The molecule has 9 heteroatoms. The molecule has 9 nitrogen and oxygen atoms in total. The number of nitrogens with zero attached hydrogens (tertiary/aromatic N) is 7. The van der Waals surface area contributed by atoms with Crippen LogP contribution in [0.3, 0.4) is 0 Å². The van der Waals surface area contributed by atoms with Gasteiger partial charge in [-0.05, 0) is 19.2 Å². The highest BCUT2D eigenvalue weighted by Gasteiger charge is 2.24. The Balaban J connectivity index is 1.75. The summed E-state index contributed by atoms with van der Waals surface area (Å²) >= 11 is 0. The molecule has 1 N–H and O–H groups in total. The van der Waals surface area contributed by atoms with Gasteiger partial charge in [-0.25, -0.2) is 9.97 Å². The van der Waals surface area contributed by atoms with E-state index in [9.17, 15) is 0 Å². The van der Waals surface area contributed by atoms with Crippen molar-refractivity contribution in [3.05, 3.63) is 35.9 Å². The summed E-state index contributed by atoms with van der Waals surface area (Å²) in [5.74, 6) is 3.46. The van der Waals surface area contributed by atoms with Gasteiger partial charge in [-0.1, -0.05) is 19.1 Å². The maximum absolute atomic E-state index is 5.58. The van der Waals surface area contributed by atoms with Gasteiger partial charge in [0.15, 0.2) is 17.0 Å². The molecular formula is C22H28N8O. The van der Waals surface area contributed by atoms with Crippen molar-refractivity contribution >= 4 is 28.0 Å². The van der Waals surface area contributed by atoms with E-state index in [-0.39, 0.29) is 0 Å². The van der Waals surface area contributed by atoms with Crippen LogP contribution in [-0.2, 0) is 24.6 Å². The number of hydrogen-bond acceptors (Lipinski definition) is 7. The monoisotopic (exact) mass is 420 g/mol. The fourth-order valence-corrected chi connectivity index (χ4v) is 4.17. The number of benzene rings is 1. The molecule has 4 aromatic rings. The van der Waals surface area contributed by atoms with Crippen molar-refractivity contribution in [1.29, 1.82) is 0 Å². The molecule has 0 atom stereocenters. The maximum Gasteiger partial charge on any atom is 0.239 e. The number of likely N-dealkylation sites (N-methyl/N-ethyl adjacent to an activating group) is 1. The molecule has 0 amide bonds. The summed E-state index contributed by atoms with van der Waals surface area (Å²) in [5, 5.41) is 3.21. The van der Waals surface area contributed by atoms with Gasteiger partial charge >= 0.3 is 0 Å². The normalized spacial score (nSPS) is 14.7. The number of imidazole rings is 2. The first-order chi connectivity index (χ1) is 15.2. The molecule has 0 unspecified atom stereocenters. The second-order valence-electron chi connectivity index (χ2n) is 7.77. The lowest BCUT2D eigenvalue weighted by molar-refractivity contribution is 0.122. The van der Waals surface area contributed by atoms with Crippen LogP contribution in [0.5, 0.6) is 0 Å². The molecule has 1 aromatic carbocycles. The molecule has 0 radical (unpaired) electrons. The third-order valence-corrected chi connectivity index (χ3v) is 5.84. The fourth-order valence-electron chi connectivity index (χ4n) is 4.17. The minimum Gasteiger partial charge on any atom is -0.378 e. The van der Waals surface area contributed by atoms with Gasteiger partial charge in [0, 0.05) is 39.5 Å². The third kappa shape index (κ3) is 3.43. The van der Waals surface area contributed by atoms with E-state index in [1.165, 1.54) is 0 Å². The Morgan fingerprint density at radius 1 is 1.03 bits per heavy atom. The maximum atomic E-state index is 5.58. The number of aryl methyl sites for hydroxylation is 2. The van der Waals surface area contributed by atoms with Crippen molar-refractivity contribution in [1.82, 2.24) is 34.4 Å². The largest absolute Gasteiger partial charge is 0.378 e. The molecule has 3 aromatic heterocycles. The second-order valence-corrected chi connectivity index (χ2v) is 7.77. The quantitative estimate of drug-likeness (QED) is 0.510. The lowest BCUT2D eigenvalue weighted by Crippen LogP contribution is -2.37. The van der Waals surface area contributed by atoms with Crippen LogP contribution >= 0.6 is 0 Å². The number of aromatic nitrogens is 6. The van der Waals surface area contributed by atoms with E-state index < -0.39 is 0 Å². The Labute approximate surface area is 181 Å². The number of morpholine rings is 1. The van der Waals surface area contributed by atoms with Crippen LogP contribution in [0.15, 0.2) is 24.3 Å². The van der Waals surface area contributed by atoms with Gasteiger partial charge in [-0.15, -0.1) is 0 Å². The van der Waals surface area contributed by atoms with Crippen LogP contribution in [-0.4, -0.2) is 69.0 Å². The Morgan fingerprint density at radius 2 is 1.84 bits per heavy atom. The molecule has 0 aliphatic carbocycles. The number of hydrogen-bond donors (Lipinski definition) is 1. The first kappa shape index (κ1) is 19.9. The summed E-state index contributed by atoms with van der Waals surface area (Å²) in [6.07, 6.45) is 1.62. The van der Waals surface area contributed by atoms with Crippen molar-refractivity contribution in [3.8, 4) is 5.95 Å². The molecule has 0 bridgehead atoms. The molecule has 31 heavy (non-hydrogen) atoms. The van der Waals surface area contributed by atoms with Crippen LogP contribution in [0.25, 0.3) is 28.1 Å². The van der Waals surface area contributed by atoms with E-state index in [1.807, 2.05) is 32.3 Å². The van der Waals surface area contributed by atoms with E-state index in [0.29, 0.717) is 19.2 Å². The molecule has 162 valence electrons. The number of rotatable bonds is 6. The zero-order chi connectivity index (χ0) is 21.4. The van der Waals surface area contributed by atoms with Gasteiger partial charge in [-0.2, -0.15) is 9.97 Å². The van der Waals surface area contributed by atoms with Crippen molar-refractivity contribution in [3.63, 3.8) is 0 Å². The van der Waals surface area contributed by atoms with Gasteiger partial charge in [0.1, 0.15) is 11.6 Å². The zero-order valence-electron chi connectivity index (χ0n) is 18.3. The highest BCUT2D eigenvalue weighted by Crippen LogP contribution is 2.28. The van der Waals surface area contributed by atoms with Crippen LogP contribution < -0.4 is 10.2 Å². The molecule has 1 aliphatic rings. The summed E-state index contributed by atoms with van der Waals surface area (Å²) in [6, 6.07) is 8.15. The number of fused-ring (bicyclic) bond motifs is 2. The van der Waals surface area contributed by atoms with Crippen molar-refractivity contribution < 1.29 is 4.74 Å². The number of ether oxygens (including phenoxy) is 1. The molecule has 4 heterocycles. The molecular weight excluding hydrogens is 392 g/mol. The fraction of sp³-hybridized carbons (Fsp3) is 0.455. The van der Waals surface area contributed by atoms with E-state index in [2.05, 4.69) is 32.3 Å². The summed E-state index contributed by atoms with van der Waals surface area (Å²) in [7, 11) is 3.99. The van der Waals surface area contributed by atoms with Crippen molar-refractivity contribution in [2.45, 2.75) is 19.8 Å². The SMILES string of the molecule is CCc1nc2ccccc2n1-c1nc(N2CCOCC2)c2nc(CCNC)n(C)c2n1. The lowest BCUT2D eigenvalue weighted by atomic mass is 10.3. The van der Waals surface area contributed by atoms with Crippen LogP contribution in [0.4, 0.5) is 5.82 Å². The van der Waals surface area contributed by atoms with Crippen LogP contribution in [0, 0.1) is 0 Å². The highest BCUT2D eigenvalue weighted by molar-refractivity contribution is 5.86. The second kappa shape index (κ2) is 8.24. The van der Waals surface area contributed by atoms with Gasteiger partial charge in [0.05, 0.1) is 24.2 Å². The van der Waals surface area contributed by atoms with Gasteiger partial charge in [0.25, 0.3) is 0 Å². The average molecular weight is 421 g/mol. The van der Waals surface area contributed by atoms with Gasteiger partial charge < -0.3 is 19.5 Å². The first-order valence-corrected chi connectivity index (χ1v) is 10.9. The third-order valence-electron chi connectivity index (χ3n) is 5.84. The van der Waals surface area contributed by atoms with Crippen molar-refractivity contribution in [2.75, 3.05) is 44.8 Å². The Morgan fingerprint density at radius 3 is 2.61 bits per heavy atom. The molecule has 1 fully saturated rings. The number of para-hydroxylation sites is 2. The number of nitrogens with one attached hydrogen (secondary N) is 1. The minimum absolute atomic E-state index is 0.641. The van der Waals surface area contributed by atoms with Crippen LogP contribution in [0.2, 0.25) is 0 Å². The number of anilines is 1. The highest BCUT2D eigenvalue weighted by atomic mass is 16.5. The Kier molecular flexibility index (Phi) is 5.29. The van der Waals surface area contributed by atoms with Gasteiger partial charge in [-0.3, -0.25) is 4.57 Å². The topological polar surface area (TPSA) is 85.9 Å². The molecule has 1 saturated heterocycles. The summed E-state index contributed by atoms with van der Waals surface area (Å²) in [4.78, 5) is 22.1. The van der Waals surface area contributed by atoms with E-state index in [1.54, 1.807) is 0 Å². The average Bonchev–Trinajstić information content (AvgIpc) is 3.35. The van der Waals surface area contributed by atoms with Crippen molar-refractivity contribution in [2.24, 2.45) is 7.05 Å². The van der Waals surface area contributed by atoms with E-state index in [0.717, 1.165) is 72.1 Å². The van der Waals surface area contributed by atoms with Gasteiger partial charge in [0.2, 0.25) is 5.95 Å². The first-order valence-electron chi connectivity index (χ1n) is 10.9. The summed E-state index contributed by atoms with van der Waals surface area (Å²) in [6.45, 7) is 5.93.